The molecule has 3 heteroatoms. The van der Waals surface area contributed by atoms with Gasteiger partial charge in [-0.2, -0.15) is 0 Å². The van der Waals surface area contributed by atoms with Crippen LogP contribution in [0.1, 0.15) is 89.5 Å². The molecule has 4 bridgehead atoms. The summed E-state index contributed by atoms with van der Waals surface area (Å²) in [6.07, 6.45) is 17.5. The second-order valence-electron chi connectivity index (χ2n) is 11.2. The van der Waals surface area contributed by atoms with Gasteiger partial charge in [-0.15, -0.1) is 0 Å². The molecule has 1 atom stereocenters. The largest absolute Gasteiger partial charge is 0.465 e. The fourth-order valence-corrected chi connectivity index (χ4v) is 7.61. The molecule has 1 unspecified atom stereocenters. The first-order valence-corrected chi connectivity index (χ1v) is 13.2. The van der Waals surface area contributed by atoms with E-state index >= 15 is 0 Å². The molecule has 0 aromatic heterocycles. The molecule has 0 heterocycles. The van der Waals surface area contributed by atoms with Crippen molar-refractivity contribution in [1.29, 1.82) is 0 Å². The van der Waals surface area contributed by atoms with E-state index in [2.05, 4.69) is 31.2 Å². The van der Waals surface area contributed by atoms with Crippen molar-refractivity contribution in [3.05, 3.63) is 29.8 Å². The molecule has 172 valence electrons. The molecule has 6 rings (SSSR count). The number of ether oxygens (including phenoxy) is 3. The van der Waals surface area contributed by atoms with Crippen LogP contribution < -0.4 is 4.74 Å². The lowest BCUT2D eigenvalue weighted by Crippen LogP contribution is -2.48. The minimum atomic E-state index is -0.154. The Hall–Kier alpha value is -1.06. The molecule has 5 aliphatic carbocycles. The molecule has 1 aromatic rings. The first kappa shape index (κ1) is 21.8. The monoisotopic (exact) mass is 426 g/mol. The lowest BCUT2D eigenvalue weighted by molar-refractivity contribution is -0.151. The van der Waals surface area contributed by atoms with Crippen LogP contribution in [0.2, 0.25) is 0 Å². The zero-order valence-electron chi connectivity index (χ0n) is 19.5. The van der Waals surface area contributed by atoms with Gasteiger partial charge in [0, 0.05) is 6.42 Å². The predicted octanol–water partition coefficient (Wildman–Crippen LogP) is 6.93. The quantitative estimate of drug-likeness (QED) is 0.300. The molecule has 5 fully saturated rings. The fraction of sp³-hybridized carbons (Fsp3) is 0.786. The van der Waals surface area contributed by atoms with Gasteiger partial charge in [-0.05, 0) is 98.7 Å². The van der Waals surface area contributed by atoms with Gasteiger partial charge in [-0.25, -0.2) is 0 Å². The Labute approximate surface area is 189 Å². The average molecular weight is 427 g/mol. The van der Waals surface area contributed by atoms with Gasteiger partial charge in [0.2, 0.25) is 0 Å². The molecule has 5 saturated carbocycles. The summed E-state index contributed by atoms with van der Waals surface area (Å²) in [6, 6.07) is 8.60. The molecule has 0 aliphatic heterocycles. The summed E-state index contributed by atoms with van der Waals surface area (Å²) < 4.78 is 19.0. The topological polar surface area (TPSA) is 27.7 Å². The number of hydrogen-bond acceptors (Lipinski definition) is 3. The van der Waals surface area contributed by atoms with Crippen molar-refractivity contribution in [2.24, 2.45) is 23.2 Å². The lowest BCUT2D eigenvalue weighted by Gasteiger charge is -2.57. The van der Waals surface area contributed by atoms with Crippen molar-refractivity contribution in [2.75, 3.05) is 13.2 Å². The zero-order chi connectivity index (χ0) is 21.1. The van der Waals surface area contributed by atoms with E-state index in [0.29, 0.717) is 24.7 Å². The van der Waals surface area contributed by atoms with Crippen LogP contribution >= 0.6 is 0 Å². The van der Waals surface area contributed by atoms with Crippen molar-refractivity contribution < 1.29 is 14.2 Å². The van der Waals surface area contributed by atoms with Crippen LogP contribution in [0.3, 0.4) is 0 Å². The van der Waals surface area contributed by atoms with E-state index < -0.39 is 0 Å². The van der Waals surface area contributed by atoms with E-state index in [-0.39, 0.29) is 6.29 Å². The van der Waals surface area contributed by atoms with Gasteiger partial charge >= 0.3 is 0 Å². The van der Waals surface area contributed by atoms with Gasteiger partial charge in [0.25, 0.3) is 0 Å². The van der Waals surface area contributed by atoms with Crippen LogP contribution in [0.5, 0.6) is 5.75 Å². The van der Waals surface area contributed by atoms with Crippen LogP contribution in [0.25, 0.3) is 0 Å². The molecular weight excluding hydrogens is 384 g/mol. The van der Waals surface area contributed by atoms with Gasteiger partial charge in [-0.3, -0.25) is 0 Å². The van der Waals surface area contributed by atoms with Crippen molar-refractivity contribution in [2.45, 2.75) is 103 Å². The third kappa shape index (κ3) is 5.47. The van der Waals surface area contributed by atoms with E-state index in [1.165, 1.54) is 76.2 Å². The molecular formula is C28H42O3. The maximum Gasteiger partial charge on any atom is 0.200 e. The predicted molar refractivity (Wildman–Crippen MR) is 124 cm³/mol. The first-order chi connectivity index (χ1) is 15.2. The Balaban J connectivity index is 1.20. The third-order valence-electron chi connectivity index (χ3n) is 8.66. The van der Waals surface area contributed by atoms with E-state index in [1.807, 2.05) is 0 Å². The maximum absolute atomic E-state index is 6.47. The number of hydrogen-bond donors (Lipinski definition) is 0. The fourth-order valence-electron chi connectivity index (χ4n) is 7.61. The van der Waals surface area contributed by atoms with Gasteiger partial charge in [-0.1, -0.05) is 38.3 Å². The minimum absolute atomic E-state index is 0.154. The highest BCUT2D eigenvalue weighted by Crippen LogP contribution is 2.61. The summed E-state index contributed by atoms with van der Waals surface area (Å²) >= 11 is 0. The Morgan fingerprint density at radius 1 is 0.871 bits per heavy atom. The molecule has 0 radical (unpaired) electrons. The molecule has 0 N–H and O–H groups in total. The summed E-state index contributed by atoms with van der Waals surface area (Å²) in [5, 5.41) is 0. The molecule has 5 aliphatic rings. The number of benzene rings is 1. The van der Waals surface area contributed by atoms with Crippen molar-refractivity contribution in [3.8, 4) is 5.75 Å². The molecule has 0 spiro atoms. The zero-order valence-corrected chi connectivity index (χ0v) is 19.5. The highest BCUT2D eigenvalue weighted by molar-refractivity contribution is 5.27. The summed E-state index contributed by atoms with van der Waals surface area (Å²) in [5.41, 5.74) is 1.80. The standard InChI is InChI=1S/C28H42O3/c1-2-21-8-10-26(11-9-21)31-27(30-13-12-29-25-6-4-3-5-7-25)20-28-17-22-14-23(18-28)16-24(15-22)19-28/h8-11,22-25,27H,2-7,12-20H2,1H3. The van der Waals surface area contributed by atoms with Crippen molar-refractivity contribution in [3.63, 3.8) is 0 Å². The second kappa shape index (κ2) is 9.83. The number of aryl methyl sites for hydroxylation is 1. The van der Waals surface area contributed by atoms with E-state index in [9.17, 15) is 0 Å². The minimum Gasteiger partial charge on any atom is -0.465 e. The first-order valence-electron chi connectivity index (χ1n) is 13.2. The second-order valence-corrected chi connectivity index (χ2v) is 11.2. The normalized spacial score (nSPS) is 33.5. The maximum atomic E-state index is 6.47. The van der Waals surface area contributed by atoms with Crippen LogP contribution in [0.15, 0.2) is 24.3 Å². The number of rotatable bonds is 10. The summed E-state index contributed by atoms with van der Waals surface area (Å²) in [6.45, 7) is 3.53. The van der Waals surface area contributed by atoms with E-state index in [4.69, 9.17) is 14.2 Å². The Morgan fingerprint density at radius 2 is 1.52 bits per heavy atom. The molecule has 0 amide bonds. The van der Waals surface area contributed by atoms with Crippen LogP contribution in [0.4, 0.5) is 0 Å². The molecule has 31 heavy (non-hydrogen) atoms. The third-order valence-corrected chi connectivity index (χ3v) is 8.66. The van der Waals surface area contributed by atoms with Crippen LogP contribution in [-0.4, -0.2) is 25.6 Å². The van der Waals surface area contributed by atoms with Gasteiger partial charge in [0.05, 0.1) is 19.3 Å². The average Bonchev–Trinajstić information content (AvgIpc) is 2.77. The summed E-state index contributed by atoms with van der Waals surface area (Å²) in [5.74, 6) is 3.83. The summed E-state index contributed by atoms with van der Waals surface area (Å²) in [7, 11) is 0. The van der Waals surface area contributed by atoms with E-state index in [1.54, 1.807) is 0 Å². The Morgan fingerprint density at radius 3 is 2.13 bits per heavy atom. The van der Waals surface area contributed by atoms with Crippen molar-refractivity contribution in [1.82, 2.24) is 0 Å². The Kier molecular flexibility index (Phi) is 6.90. The lowest BCUT2D eigenvalue weighted by atomic mass is 9.49. The highest BCUT2D eigenvalue weighted by atomic mass is 16.7. The molecule has 1 aromatic carbocycles. The summed E-state index contributed by atoms with van der Waals surface area (Å²) in [4.78, 5) is 0. The SMILES string of the molecule is CCc1ccc(OC(CC23CC4CC(CC(C4)C2)C3)OCCOC2CCCCC2)cc1. The van der Waals surface area contributed by atoms with Gasteiger partial charge < -0.3 is 14.2 Å². The van der Waals surface area contributed by atoms with Gasteiger partial charge in [0.15, 0.2) is 6.29 Å². The molecule has 3 nitrogen and oxygen atoms in total. The Bertz CT molecular complexity index is 655. The molecule has 0 saturated heterocycles. The van der Waals surface area contributed by atoms with Crippen LogP contribution in [-0.2, 0) is 15.9 Å². The smallest absolute Gasteiger partial charge is 0.200 e. The van der Waals surface area contributed by atoms with Crippen molar-refractivity contribution >= 4 is 0 Å². The van der Waals surface area contributed by atoms with Crippen LogP contribution in [0, 0.1) is 23.2 Å². The van der Waals surface area contributed by atoms with E-state index in [0.717, 1.165) is 36.3 Å². The van der Waals surface area contributed by atoms with Gasteiger partial charge in [0.1, 0.15) is 5.75 Å². The highest BCUT2D eigenvalue weighted by Gasteiger charge is 2.51.